The van der Waals surface area contributed by atoms with E-state index in [1.807, 2.05) is 13.8 Å². The van der Waals surface area contributed by atoms with Crippen molar-refractivity contribution in [1.29, 1.82) is 0 Å². The van der Waals surface area contributed by atoms with Crippen LogP contribution in [-0.2, 0) is 13.0 Å². The van der Waals surface area contributed by atoms with Gasteiger partial charge in [0.05, 0.1) is 12.2 Å². The van der Waals surface area contributed by atoms with Crippen LogP contribution in [0.4, 0.5) is 11.6 Å². The Kier molecular flexibility index (Phi) is 5.14. The fourth-order valence-corrected chi connectivity index (χ4v) is 2.15. The molecule has 0 aliphatic heterocycles. The lowest BCUT2D eigenvalue weighted by Gasteiger charge is -2.13. The second kappa shape index (κ2) is 7.06. The van der Waals surface area contributed by atoms with Crippen molar-refractivity contribution < 1.29 is 4.42 Å². The zero-order valence-corrected chi connectivity index (χ0v) is 13.2. The third-order valence-electron chi connectivity index (χ3n) is 3.27. The third kappa shape index (κ3) is 3.71. The number of nitrogens with one attached hydrogen (secondary N) is 2. The Labute approximate surface area is 125 Å². The second-order valence-electron chi connectivity index (χ2n) is 4.93. The molecule has 0 saturated carbocycles. The van der Waals surface area contributed by atoms with E-state index in [0.717, 1.165) is 48.0 Å². The van der Waals surface area contributed by atoms with Gasteiger partial charge in [-0.15, -0.1) is 0 Å². The molecule has 2 aromatic rings. The molecule has 0 aliphatic rings. The van der Waals surface area contributed by atoms with Gasteiger partial charge in [0.2, 0.25) is 5.89 Å². The summed E-state index contributed by atoms with van der Waals surface area (Å²) in [6.45, 7) is 9.43. The van der Waals surface area contributed by atoms with Crippen molar-refractivity contribution in [2.45, 2.75) is 47.1 Å². The van der Waals surface area contributed by atoms with Gasteiger partial charge < -0.3 is 15.1 Å². The van der Waals surface area contributed by atoms with E-state index in [0.29, 0.717) is 12.4 Å². The summed E-state index contributed by atoms with van der Waals surface area (Å²) >= 11 is 0. The normalized spacial score (nSPS) is 10.7. The lowest BCUT2D eigenvalue weighted by molar-refractivity contribution is 0.478. The molecule has 114 valence electrons. The van der Waals surface area contributed by atoms with Crippen LogP contribution in [0.3, 0.4) is 0 Å². The highest BCUT2D eigenvalue weighted by molar-refractivity contribution is 5.57. The number of nitrogens with zero attached hydrogens (tertiary/aromatic N) is 3. The molecule has 2 aromatic heterocycles. The molecular weight excluding hydrogens is 266 g/mol. The Morgan fingerprint density at radius 1 is 1.10 bits per heavy atom. The lowest BCUT2D eigenvalue weighted by atomic mass is 10.1. The maximum Gasteiger partial charge on any atom is 0.213 e. The summed E-state index contributed by atoms with van der Waals surface area (Å²) < 4.78 is 5.58. The van der Waals surface area contributed by atoms with E-state index in [-0.39, 0.29) is 0 Å². The first-order chi connectivity index (χ1) is 10.2. The van der Waals surface area contributed by atoms with Crippen LogP contribution in [0.1, 0.15) is 43.2 Å². The van der Waals surface area contributed by atoms with E-state index in [9.17, 15) is 0 Å². The Hall–Kier alpha value is -2.11. The Morgan fingerprint density at radius 2 is 1.81 bits per heavy atom. The molecule has 2 rings (SSSR count). The molecule has 21 heavy (non-hydrogen) atoms. The van der Waals surface area contributed by atoms with E-state index < -0.39 is 0 Å². The van der Waals surface area contributed by atoms with Crippen LogP contribution in [0, 0.1) is 13.8 Å². The van der Waals surface area contributed by atoms with Gasteiger partial charge in [-0.1, -0.05) is 13.3 Å². The molecular formula is C15H23N5O. The molecule has 0 atom stereocenters. The van der Waals surface area contributed by atoms with E-state index in [4.69, 9.17) is 4.42 Å². The summed E-state index contributed by atoms with van der Waals surface area (Å²) in [7, 11) is 0. The fourth-order valence-electron chi connectivity index (χ4n) is 2.15. The van der Waals surface area contributed by atoms with Crippen molar-refractivity contribution in [3.63, 3.8) is 0 Å². The SMILES string of the molecule is CCCc1c(NCC)ncnc1NCc1nc(C)c(C)o1. The number of oxazole rings is 1. The van der Waals surface area contributed by atoms with E-state index in [1.54, 1.807) is 6.33 Å². The van der Waals surface area contributed by atoms with Crippen molar-refractivity contribution in [3.8, 4) is 0 Å². The molecule has 2 heterocycles. The predicted molar refractivity (Wildman–Crippen MR) is 83.5 cm³/mol. The average molecular weight is 289 g/mol. The van der Waals surface area contributed by atoms with Gasteiger partial charge in [0, 0.05) is 12.1 Å². The van der Waals surface area contributed by atoms with Crippen molar-refractivity contribution in [1.82, 2.24) is 15.0 Å². The molecule has 0 unspecified atom stereocenters. The van der Waals surface area contributed by atoms with Gasteiger partial charge >= 0.3 is 0 Å². The molecule has 0 aromatic carbocycles. The van der Waals surface area contributed by atoms with Gasteiger partial charge in [-0.25, -0.2) is 15.0 Å². The van der Waals surface area contributed by atoms with Crippen LogP contribution in [-0.4, -0.2) is 21.5 Å². The number of hydrogen-bond acceptors (Lipinski definition) is 6. The summed E-state index contributed by atoms with van der Waals surface area (Å²) in [6, 6.07) is 0. The van der Waals surface area contributed by atoms with Gasteiger partial charge in [-0.05, 0) is 27.2 Å². The predicted octanol–water partition coefficient (Wildman–Crippen LogP) is 3.08. The smallest absolute Gasteiger partial charge is 0.213 e. The summed E-state index contributed by atoms with van der Waals surface area (Å²) in [4.78, 5) is 13.0. The number of hydrogen-bond donors (Lipinski definition) is 2. The van der Waals surface area contributed by atoms with E-state index in [2.05, 4.69) is 39.4 Å². The highest BCUT2D eigenvalue weighted by atomic mass is 16.4. The van der Waals surface area contributed by atoms with E-state index >= 15 is 0 Å². The number of rotatable bonds is 7. The molecule has 0 spiro atoms. The highest BCUT2D eigenvalue weighted by Gasteiger charge is 2.11. The van der Waals surface area contributed by atoms with Crippen LogP contribution >= 0.6 is 0 Å². The fraction of sp³-hybridized carbons (Fsp3) is 0.533. The minimum atomic E-state index is 0.522. The molecule has 0 saturated heterocycles. The highest BCUT2D eigenvalue weighted by Crippen LogP contribution is 2.22. The van der Waals surface area contributed by atoms with E-state index in [1.165, 1.54) is 0 Å². The van der Waals surface area contributed by atoms with Crippen LogP contribution in [0.15, 0.2) is 10.7 Å². The molecule has 0 bridgehead atoms. The summed E-state index contributed by atoms with van der Waals surface area (Å²) in [5, 5.41) is 6.59. The summed E-state index contributed by atoms with van der Waals surface area (Å²) in [5.41, 5.74) is 2.04. The zero-order chi connectivity index (χ0) is 15.2. The van der Waals surface area contributed by atoms with Crippen LogP contribution in [0.25, 0.3) is 0 Å². The number of anilines is 2. The topological polar surface area (TPSA) is 75.9 Å². The van der Waals surface area contributed by atoms with Crippen LogP contribution < -0.4 is 10.6 Å². The van der Waals surface area contributed by atoms with Crippen molar-refractivity contribution in [2.75, 3.05) is 17.2 Å². The standard InChI is InChI=1S/C15H23N5O/c1-5-7-12-14(16-6-2)18-9-19-15(12)17-8-13-20-10(3)11(4)21-13/h9H,5-8H2,1-4H3,(H2,16,17,18,19). The number of aromatic nitrogens is 3. The first-order valence-electron chi connectivity index (χ1n) is 7.40. The van der Waals surface area contributed by atoms with Gasteiger partial charge in [0.15, 0.2) is 0 Å². The van der Waals surface area contributed by atoms with Gasteiger partial charge in [-0.2, -0.15) is 0 Å². The summed E-state index contributed by atoms with van der Waals surface area (Å²) in [6.07, 6.45) is 3.54. The maximum atomic E-state index is 5.58. The number of aryl methyl sites for hydroxylation is 2. The van der Waals surface area contributed by atoms with Gasteiger partial charge in [0.1, 0.15) is 23.7 Å². The van der Waals surface area contributed by atoms with Crippen molar-refractivity contribution in [2.24, 2.45) is 0 Å². The Balaban J connectivity index is 2.16. The first kappa shape index (κ1) is 15.3. The van der Waals surface area contributed by atoms with Crippen LogP contribution in [0.5, 0.6) is 0 Å². The third-order valence-corrected chi connectivity index (χ3v) is 3.27. The van der Waals surface area contributed by atoms with Gasteiger partial charge in [-0.3, -0.25) is 0 Å². The maximum absolute atomic E-state index is 5.58. The Morgan fingerprint density at radius 3 is 2.38 bits per heavy atom. The molecule has 0 radical (unpaired) electrons. The molecule has 6 heteroatoms. The van der Waals surface area contributed by atoms with Gasteiger partial charge in [0.25, 0.3) is 0 Å². The minimum absolute atomic E-state index is 0.522. The molecule has 0 aliphatic carbocycles. The molecule has 2 N–H and O–H groups in total. The minimum Gasteiger partial charge on any atom is -0.444 e. The first-order valence-corrected chi connectivity index (χ1v) is 7.40. The summed E-state index contributed by atoms with van der Waals surface area (Å²) in [5.74, 6) is 3.28. The molecule has 0 amide bonds. The zero-order valence-electron chi connectivity index (χ0n) is 13.2. The van der Waals surface area contributed by atoms with Crippen LogP contribution in [0.2, 0.25) is 0 Å². The average Bonchev–Trinajstić information content (AvgIpc) is 2.78. The van der Waals surface area contributed by atoms with Crippen molar-refractivity contribution >= 4 is 11.6 Å². The van der Waals surface area contributed by atoms with Crippen molar-refractivity contribution in [3.05, 3.63) is 29.2 Å². The Bertz CT molecular complexity index is 574. The monoisotopic (exact) mass is 289 g/mol. The largest absolute Gasteiger partial charge is 0.444 e. The molecule has 0 fully saturated rings. The lowest BCUT2D eigenvalue weighted by Crippen LogP contribution is -2.10. The molecule has 6 nitrogen and oxygen atoms in total. The second-order valence-corrected chi connectivity index (χ2v) is 4.93. The quantitative estimate of drug-likeness (QED) is 0.815.